The molecule has 1 aromatic heterocycles. The van der Waals surface area contributed by atoms with Crippen LogP contribution in [0.5, 0.6) is 5.88 Å². The standard InChI is InChI=1S/C23H26ClN3O/c1-16-11-21(26-10-9-25-8-2-3-20(25)15-26)12-18-14-27(23(28)22(16)18)13-17-4-6-19(24)7-5-17/h4-7,11-12,14,20,28H,2-3,8-10,13,15H2,1H3. The van der Waals surface area contributed by atoms with Crippen molar-refractivity contribution in [3.63, 3.8) is 0 Å². The Morgan fingerprint density at radius 1 is 1.11 bits per heavy atom. The van der Waals surface area contributed by atoms with Crippen LogP contribution in [0.25, 0.3) is 10.8 Å². The number of halogens is 1. The molecule has 2 aliphatic rings. The van der Waals surface area contributed by atoms with Crippen molar-refractivity contribution >= 4 is 28.1 Å². The summed E-state index contributed by atoms with van der Waals surface area (Å²) in [6.45, 7) is 7.35. The van der Waals surface area contributed by atoms with E-state index in [1.807, 2.05) is 28.8 Å². The third-order valence-corrected chi connectivity index (χ3v) is 6.61. The van der Waals surface area contributed by atoms with Crippen molar-refractivity contribution in [1.29, 1.82) is 0 Å². The average Bonchev–Trinajstić information content (AvgIpc) is 3.28. The molecule has 1 atom stereocenters. The van der Waals surface area contributed by atoms with Crippen LogP contribution in [0, 0.1) is 6.92 Å². The van der Waals surface area contributed by atoms with E-state index >= 15 is 0 Å². The second kappa shape index (κ2) is 7.02. The predicted molar refractivity (Wildman–Crippen MR) is 116 cm³/mol. The summed E-state index contributed by atoms with van der Waals surface area (Å²) in [7, 11) is 0. The van der Waals surface area contributed by atoms with E-state index < -0.39 is 0 Å². The number of hydrogen-bond acceptors (Lipinski definition) is 3. The molecule has 28 heavy (non-hydrogen) atoms. The molecule has 0 bridgehead atoms. The average molecular weight is 396 g/mol. The second-order valence-electron chi connectivity index (χ2n) is 8.21. The molecular formula is C23H26ClN3O. The van der Waals surface area contributed by atoms with Crippen LogP contribution >= 0.6 is 11.6 Å². The molecule has 1 unspecified atom stereocenters. The fraction of sp³-hybridized carbons (Fsp3) is 0.391. The summed E-state index contributed by atoms with van der Waals surface area (Å²) in [4.78, 5) is 5.16. The number of hydrogen-bond donors (Lipinski definition) is 1. The molecule has 0 spiro atoms. The van der Waals surface area contributed by atoms with Crippen LogP contribution in [0.2, 0.25) is 5.02 Å². The normalized spacial score (nSPS) is 20.1. The fourth-order valence-corrected chi connectivity index (χ4v) is 5.02. The van der Waals surface area contributed by atoms with Gasteiger partial charge in [0, 0.05) is 53.4 Å². The highest BCUT2D eigenvalue weighted by Gasteiger charge is 2.30. The molecule has 1 N–H and O–H groups in total. The van der Waals surface area contributed by atoms with Gasteiger partial charge in [-0.2, -0.15) is 0 Å². The van der Waals surface area contributed by atoms with E-state index in [1.54, 1.807) is 0 Å². The van der Waals surface area contributed by atoms with E-state index in [4.69, 9.17) is 11.6 Å². The monoisotopic (exact) mass is 395 g/mol. The maximum atomic E-state index is 10.8. The topological polar surface area (TPSA) is 31.6 Å². The first-order chi connectivity index (χ1) is 13.6. The SMILES string of the molecule is Cc1cc(N2CCN3CCCC3C2)cc2cn(Cc3ccc(Cl)cc3)c(O)c12. The van der Waals surface area contributed by atoms with Gasteiger partial charge in [0.1, 0.15) is 0 Å². The van der Waals surface area contributed by atoms with Gasteiger partial charge < -0.3 is 14.6 Å². The van der Waals surface area contributed by atoms with Gasteiger partial charge in [-0.1, -0.05) is 23.7 Å². The van der Waals surface area contributed by atoms with Crippen LogP contribution in [0.4, 0.5) is 5.69 Å². The van der Waals surface area contributed by atoms with Crippen LogP contribution in [0.15, 0.2) is 42.6 Å². The van der Waals surface area contributed by atoms with Crippen molar-refractivity contribution in [3.8, 4) is 5.88 Å². The van der Waals surface area contributed by atoms with E-state index in [2.05, 4.69) is 35.1 Å². The summed E-state index contributed by atoms with van der Waals surface area (Å²) in [5.74, 6) is 0.342. The highest BCUT2D eigenvalue weighted by Crippen LogP contribution is 2.35. The number of piperazine rings is 1. The zero-order chi connectivity index (χ0) is 19.3. The first kappa shape index (κ1) is 17.9. The Hall–Kier alpha value is -2.17. The minimum absolute atomic E-state index is 0.342. The molecule has 0 saturated carbocycles. The second-order valence-corrected chi connectivity index (χ2v) is 8.65. The highest BCUT2D eigenvalue weighted by atomic mass is 35.5. The molecule has 3 aromatic rings. The Morgan fingerprint density at radius 3 is 2.75 bits per heavy atom. The summed E-state index contributed by atoms with van der Waals surface area (Å²) in [5, 5.41) is 13.6. The highest BCUT2D eigenvalue weighted by molar-refractivity contribution is 6.30. The number of benzene rings is 2. The third kappa shape index (κ3) is 3.15. The molecule has 4 nitrogen and oxygen atoms in total. The van der Waals surface area contributed by atoms with Gasteiger partial charge in [0.15, 0.2) is 5.88 Å². The number of aromatic hydroxyl groups is 1. The Morgan fingerprint density at radius 2 is 1.93 bits per heavy atom. The van der Waals surface area contributed by atoms with Gasteiger partial charge in [-0.25, -0.2) is 0 Å². The molecule has 3 heterocycles. The fourth-order valence-electron chi connectivity index (χ4n) is 4.89. The van der Waals surface area contributed by atoms with Crippen molar-refractivity contribution in [3.05, 3.63) is 58.7 Å². The molecule has 2 aliphatic heterocycles. The molecule has 0 radical (unpaired) electrons. The first-order valence-electron chi connectivity index (χ1n) is 10.1. The molecule has 0 aliphatic carbocycles. The molecule has 0 amide bonds. The lowest BCUT2D eigenvalue weighted by atomic mass is 10.1. The van der Waals surface area contributed by atoms with Crippen LogP contribution in [-0.4, -0.2) is 46.8 Å². The van der Waals surface area contributed by atoms with Gasteiger partial charge in [0.25, 0.3) is 0 Å². The summed E-state index contributed by atoms with van der Waals surface area (Å²) in [6.07, 6.45) is 4.72. The third-order valence-electron chi connectivity index (χ3n) is 6.36. The zero-order valence-corrected chi connectivity index (χ0v) is 17.0. The van der Waals surface area contributed by atoms with Crippen molar-refractivity contribution in [2.24, 2.45) is 0 Å². The van der Waals surface area contributed by atoms with Crippen LogP contribution < -0.4 is 4.90 Å². The zero-order valence-electron chi connectivity index (χ0n) is 16.2. The predicted octanol–water partition coefficient (Wildman–Crippen LogP) is 4.64. The Kier molecular flexibility index (Phi) is 4.48. The van der Waals surface area contributed by atoms with E-state index in [0.717, 1.165) is 46.6 Å². The molecule has 5 heteroatoms. The number of aromatic nitrogens is 1. The van der Waals surface area contributed by atoms with Gasteiger partial charge in [-0.05, 0) is 61.7 Å². The number of fused-ring (bicyclic) bond motifs is 2. The maximum absolute atomic E-state index is 10.8. The molecule has 5 rings (SSSR count). The smallest absolute Gasteiger partial charge is 0.199 e. The van der Waals surface area contributed by atoms with Crippen molar-refractivity contribution in [2.75, 3.05) is 31.1 Å². The van der Waals surface area contributed by atoms with Crippen LogP contribution in [0.3, 0.4) is 0 Å². The molecule has 2 fully saturated rings. The summed E-state index contributed by atoms with van der Waals surface area (Å²) in [6, 6.07) is 13.0. The summed E-state index contributed by atoms with van der Waals surface area (Å²) >= 11 is 5.99. The van der Waals surface area contributed by atoms with Gasteiger partial charge >= 0.3 is 0 Å². The van der Waals surface area contributed by atoms with Crippen molar-refractivity contribution < 1.29 is 5.11 Å². The lowest BCUT2D eigenvalue weighted by Gasteiger charge is -2.39. The maximum Gasteiger partial charge on any atom is 0.199 e. The molecule has 2 saturated heterocycles. The lowest BCUT2D eigenvalue weighted by Crippen LogP contribution is -2.50. The van der Waals surface area contributed by atoms with E-state index in [9.17, 15) is 5.11 Å². The quantitative estimate of drug-likeness (QED) is 0.700. The van der Waals surface area contributed by atoms with Crippen LogP contribution in [-0.2, 0) is 6.54 Å². The number of rotatable bonds is 3. The van der Waals surface area contributed by atoms with Gasteiger partial charge in [-0.3, -0.25) is 4.90 Å². The molecular weight excluding hydrogens is 370 g/mol. The van der Waals surface area contributed by atoms with Gasteiger partial charge in [0.2, 0.25) is 0 Å². The number of aryl methyl sites for hydroxylation is 1. The Labute approximate surface area is 170 Å². The largest absolute Gasteiger partial charge is 0.494 e. The van der Waals surface area contributed by atoms with E-state index in [0.29, 0.717) is 18.5 Å². The lowest BCUT2D eigenvalue weighted by molar-refractivity contribution is 0.231. The van der Waals surface area contributed by atoms with E-state index in [-0.39, 0.29) is 0 Å². The van der Waals surface area contributed by atoms with Crippen LogP contribution in [0.1, 0.15) is 24.0 Å². The Balaban J connectivity index is 1.46. The summed E-state index contributed by atoms with van der Waals surface area (Å²) in [5.41, 5.74) is 3.53. The Bertz CT molecular complexity index is 1010. The summed E-state index contributed by atoms with van der Waals surface area (Å²) < 4.78 is 1.93. The molecule has 146 valence electrons. The number of anilines is 1. The number of nitrogens with zero attached hydrogens (tertiary/aromatic N) is 3. The van der Waals surface area contributed by atoms with Gasteiger partial charge in [0.05, 0.1) is 6.54 Å². The first-order valence-corrected chi connectivity index (χ1v) is 10.5. The van der Waals surface area contributed by atoms with Crippen molar-refractivity contribution in [2.45, 2.75) is 32.4 Å². The molecule has 2 aromatic carbocycles. The van der Waals surface area contributed by atoms with Gasteiger partial charge in [-0.15, -0.1) is 0 Å². The minimum Gasteiger partial charge on any atom is -0.494 e. The van der Waals surface area contributed by atoms with Crippen molar-refractivity contribution in [1.82, 2.24) is 9.47 Å². The van der Waals surface area contributed by atoms with E-state index in [1.165, 1.54) is 25.1 Å². The minimum atomic E-state index is 0.342.